The summed E-state index contributed by atoms with van der Waals surface area (Å²) in [6.45, 7) is 8.42. The standard InChI is InChI=1S/C11H21NO2/c1-4-11(5-6-12-8-11)10(13)14-7-9(2)3/h9,12H,4-8H2,1-3H3. The highest BCUT2D eigenvalue weighted by atomic mass is 16.5. The molecule has 1 atom stereocenters. The van der Waals surface area contributed by atoms with E-state index in [0.29, 0.717) is 12.5 Å². The van der Waals surface area contributed by atoms with Gasteiger partial charge in [0.15, 0.2) is 0 Å². The van der Waals surface area contributed by atoms with Gasteiger partial charge in [0.2, 0.25) is 0 Å². The van der Waals surface area contributed by atoms with Gasteiger partial charge in [-0.1, -0.05) is 20.8 Å². The van der Waals surface area contributed by atoms with E-state index in [1.807, 2.05) is 0 Å². The fraction of sp³-hybridized carbons (Fsp3) is 0.909. The molecular weight excluding hydrogens is 178 g/mol. The minimum Gasteiger partial charge on any atom is -0.465 e. The third-order valence-corrected chi connectivity index (χ3v) is 2.90. The lowest BCUT2D eigenvalue weighted by molar-refractivity contribution is -0.156. The molecule has 1 aliphatic rings. The SMILES string of the molecule is CCC1(C(=O)OCC(C)C)CCNC1. The van der Waals surface area contributed by atoms with E-state index in [-0.39, 0.29) is 11.4 Å². The molecule has 14 heavy (non-hydrogen) atoms. The van der Waals surface area contributed by atoms with Crippen LogP contribution in [0.15, 0.2) is 0 Å². The fourth-order valence-corrected chi connectivity index (χ4v) is 1.76. The van der Waals surface area contributed by atoms with Gasteiger partial charge < -0.3 is 10.1 Å². The number of carbonyl (C=O) groups excluding carboxylic acids is 1. The topological polar surface area (TPSA) is 38.3 Å². The van der Waals surface area contributed by atoms with Crippen LogP contribution in [0.25, 0.3) is 0 Å². The van der Waals surface area contributed by atoms with Crippen LogP contribution in [-0.2, 0) is 9.53 Å². The van der Waals surface area contributed by atoms with Gasteiger partial charge in [0.25, 0.3) is 0 Å². The van der Waals surface area contributed by atoms with Crippen molar-refractivity contribution in [2.24, 2.45) is 11.3 Å². The highest BCUT2D eigenvalue weighted by molar-refractivity contribution is 5.77. The van der Waals surface area contributed by atoms with Crippen molar-refractivity contribution in [1.82, 2.24) is 5.32 Å². The summed E-state index contributed by atoms with van der Waals surface area (Å²) in [4.78, 5) is 11.8. The molecule has 0 bridgehead atoms. The lowest BCUT2D eigenvalue weighted by Crippen LogP contribution is -2.35. The average Bonchev–Trinajstić information content (AvgIpc) is 2.63. The average molecular weight is 199 g/mol. The summed E-state index contributed by atoms with van der Waals surface area (Å²) in [5, 5.41) is 3.23. The van der Waals surface area contributed by atoms with Gasteiger partial charge in [-0.2, -0.15) is 0 Å². The van der Waals surface area contributed by atoms with Crippen LogP contribution in [0.5, 0.6) is 0 Å². The van der Waals surface area contributed by atoms with Gasteiger partial charge in [0.1, 0.15) is 0 Å². The molecule has 0 aliphatic carbocycles. The van der Waals surface area contributed by atoms with Gasteiger partial charge in [-0.25, -0.2) is 0 Å². The maximum absolute atomic E-state index is 11.8. The van der Waals surface area contributed by atoms with Crippen LogP contribution >= 0.6 is 0 Å². The molecule has 82 valence electrons. The highest BCUT2D eigenvalue weighted by Crippen LogP contribution is 2.30. The molecule has 0 spiro atoms. The molecule has 0 saturated carbocycles. The Kier molecular flexibility index (Phi) is 3.93. The zero-order chi connectivity index (χ0) is 10.6. The highest BCUT2D eigenvalue weighted by Gasteiger charge is 2.40. The fourth-order valence-electron chi connectivity index (χ4n) is 1.76. The van der Waals surface area contributed by atoms with Crippen molar-refractivity contribution < 1.29 is 9.53 Å². The molecule has 1 unspecified atom stereocenters. The number of carbonyl (C=O) groups is 1. The third-order valence-electron chi connectivity index (χ3n) is 2.90. The molecule has 1 heterocycles. The molecular formula is C11H21NO2. The van der Waals surface area contributed by atoms with E-state index in [9.17, 15) is 4.79 Å². The second-order valence-electron chi connectivity index (χ2n) is 4.55. The Hall–Kier alpha value is -0.570. The van der Waals surface area contributed by atoms with Crippen molar-refractivity contribution in [3.05, 3.63) is 0 Å². The minimum absolute atomic E-state index is 0.0151. The Morgan fingerprint density at radius 1 is 1.57 bits per heavy atom. The lowest BCUT2D eigenvalue weighted by Gasteiger charge is -2.24. The summed E-state index contributed by atoms with van der Waals surface area (Å²) in [5.74, 6) is 0.404. The zero-order valence-corrected chi connectivity index (χ0v) is 9.43. The van der Waals surface area contributed by atoms with Crippen LogP contribution in [0.4, 0.5) is 0 Å². The Morgan fingerprint density at radius 3 is 2.71 bits per heavy atom. The van der Waals surface area contributed by atoms with E-state index in [0.717, 1.165) is 25.9 Å². The Bertz CT molecular complexity index is 195. The second kappa shape index (κ2) is 4.78. The third kappa shape index (κ3) is 2.47. The van der Waals surface area contributed by atoms with Gasteiger partial charge in [-0.3, -0.25) is 4.79 Å². The maximum atomic E-state index is 11.8. The normalized spacial score (nSPS) is 26.9. The van der Waals surface area contributed by atoms with Crippen molar-refractivity contribution >= 4 is 5.97 Å². The van der Waals surface area contributed by atoms with E-state index < -0.39 is 0 Å². The lowest BCUT2D eigenvalue weighted by atomic mass is 9.84. The maximum Gasteiger partial charge on any atom is 0.313 e. The minimum atomic E-state index is -0.241. The Balaban J connectivity index is 2.48. The molecule has 3 nitrogen and oxygen atoms in total. The van der Waals surface area contributed by atoms with Gasteiger partial charge >= 0.3 is 5.97 Å². The number of hydrogen-bond acceptors (Lipinski definition) is 3. The summed E-state index contributed by atoms with van der Waals surface area (Å²) < 4.78 is 5.30. The molecule has 0 radical (unpaired) electrons. The van der Waals surface area contributed by atoms with Crippen LogP contribution < -0.4 is 5.32 Å². The van der Waals surface area contributed by atoms with Gasteiger partial charge in [-0.15, -0.1) is 0 Å². The van der Waals surface area contributed by atoms with Gasteiger partial charge in [0.05, 0.1) is 12.0 Å². The van der Waals surface area contributed by atoms with E-state index in [4.69, 9.17) is 4.74 Å². The summed E-state index contributed by atoms with van der Waals surface area (Å²) in [5.41, 5.74) is -0.241. The van der Waals surface area contributed by atoms with E-state index in [1.54, 1.807) is 0 Å². The van der Waals surface area contributed by atoms with Crippen molar-refractivity contribution in [2.45, 2.75) is 33.6 Å². The van der Waals surface area contributed by atoms with Crippen LogP contribution in [0, 0.1) is 11.3 Å². The quantitative estimate of drug-likeness (QED) is 0.698. The van der Waals surface area contributed by atoms with Crippen LogP contribution in [0.1, 0.15) is 33.6 Å². The predicted octanol–water partition coefficient (Wildman–Crippen LogP) is 1.58. The van der Waals surface area contributed by atoms with E-state index in [1.165, 1.54) is 0 Å². The first kappa shape index (κ1) is 11.5. The molecule has 1 saturated heterocycles. The molecule has 0 amide bonds. The zero-order valence-electron chi connectivity index (χ0n) is 9.43. The molecule has 0 aromatic rings. The summed E-state index contributed by atoms with van der Waals surface area (Å²) in [6.07, 6.45) is 1.79. The van der Waals surface area contributed by atoms with Crippen molar-refractivity contribution in [2.75, 3.05) is 19.7 Å². The first-order valence-corrected chi connectivity index (χ1v) is 5.48. The number of ether oxygens (including phenoxy) is 1. The van der Waals surface area contributed by atoms with Crippen molar-refractivity contribution in [3.63, 3.8) is 0 Å². The molecule has 0 aromatic carbocycles. The van der Waals surface area contributed by atoms with Crippen molar-refractivity contribution in [3.8, 4) is 0 Å². The van der Waals surface area contributed by atoms with Crippen LogP contribution in [-0.4, -0.2) is 25.7 Å². The first-order chi connectivity index (χ1) is 6.60. The monoisotopic (exact) mass is 199 g/mol. The van der Waals surface area contributed by atoms with E-state index in [2.05, 4.69) is 26.1 Å². The Morgan fingerprint density at radius 2 is 2.29 bits per heavy atom. The second-order valence-corrected chi connectivity index (χ2v) is 4.55. The van der Waals surface area contributed by atoms with Crippen LogP contribution in [0.3, 0.4) is 0 Å². The largest absolute Gasteiger partial charge is 0.465 e. The van der Waals surface area contributed by atoms with Gasteiger partial charge in [0, 0.05) is 6.54 Å². The first-order valence-electron chi connectivity index (χ1n) is 5.48. The predicted molar refractivity (Wildman–Crippen MR) is 56.0 cm³/mol. The molecule has 1 rings (SSSR count). The van der Waals surface area contributed by atoms with Gasteiger partial charge in [-0.05, 0) is 25.3 Å². The molecule has 1 fully saturated rings. The summed E-state index contributed by atoms with van der Waals surface area (Å²) >= 11 is 0. The Labute approximate surface area is 86.2 Å². The summed E-state index contributed by atoms with van der Waals surface area (Å²) in [7, 11) is 0. The number of nitrogens with one attached hydrogen (secondary N) is 1. The number of hydrogen-bond donors (Lipinski definition) is 1. The molecule has 1 aliphatic heterocycles. The molecule has 1 N–H and O–H groups in total. The summed E-state index contributed by atoms with van der Waals surface area (Å²) in [6, 6.07) is 0. The smallest absolute Gasteiger partial charge is 0.313 e. The molecule has 0 aromatic heterocycles. The van der Waals surface area contributed by atoms with E-state index >= 15 is 0 Å². The molecule has 3 heteroatoms. The van der Waals surface area contributed by atoms with Crippen LogP contribution in [0.2, 0.25) is 0 Å². The number of esters is 1. The van der Waals surface area contributed by atoms with Crippen molar-refractivity contribution in [1.29, 1.82) is 0 Å². The number of rotatable bonds is 4.